The van der Waals surface area contributed by atoms with Gasteiger partial charge in [-0.25, -0.2) is 0 Å². The molecule has 122 valence electrons. The second kappa shape index (κ2) is 6.54. The lowest BCUT2D eigenvalue weighted by Gasteiger charge is -2.14. The van der Waals surface area contributed by atoms with Gasteiger partial charge in [0.2, 0.25) is 5.91 Å². The number of benzene rings is 2. The van der Waals surface area contributed by atoms with Gasteiger partial charge in [-0.15, -0.1) is 0 Å². The average molecular weight is 323 g/mol. The fourth-order valence-corrected chi connectivity index (χ4v) is 2.51. The molecule has 0 fully saturated rings. The van der Waals surface area contributed by atoms with Gasteiger partial charge in [0.15, 0.2) is 5.92 Å². The number of rotatable bonds is 4. The highest BCUT2D eigenvalue weighted by atomic mass is 16.5. The molecule has 1 atom stereocenters. The Morgan fingerprint density at radius 3 is 2.42 bits per heavy atom. The number of anilines is 2. The van der Waals surface area contributed by atoms with Crippen molar-refractivity contribution in [2.75, 3.05) is 17.4 Å². The number of para-hydroxylation sites is 1. The highest BCUT2D eigenvalue weighted by molar-refractivity contribution is 6.28. The Hall–Kier alpha value is -3.15. The lowest BCUT2D eigenvalue weighted by atomic mass is 10.0. The van der Waals surface area contributed by atoms with Crippen molar-refractivity contribution >= 4 is 28.9 Å². The van der Waals surface area contributed by atoms with E-state index in [4.69, 9.17) is 4.74 Å². The number of nitrogens with zero attached hydrogens (tertiary/aromatic N) is 2. The summed E-state index contributed by atoms with van der Waals surface area (Å²) in [6.45, 7) is 1.68. The molecule has 0 radical (unpaired) electrons. The predicted octanol–water partition coefficient (Wildman–Crippen LogP) is 2.67. The molecule has 24 heavy (non-hydrogen) atoms. The van der Waals surface area contributed by atoms with E-state index < -0.39 is 5.92 Å². The van der Waals surface area contributed by atoms with Gasteiger partial charge >= 0.3 is 0 Å². The molecule has 0 aromatic heterocycles. The van der Waals surface area contributed by atoms with Gasteiger partial charge in [0, 0.05) is 5.69 Å². The van der Waals surface area contributed by atoms with E-state index in [1.54, 1.807) is 50.4 Å². The van der Waals surface area contributed by atoms with E-state index in [-0.39, 0.29) is 11.8 Å². The molecular formula is C18H17N3O3. The summed E-state index contributed by atoms with van der Waals surface area (Å²) in [6.07, 6.45) is 0. The maximum absolute atomic E-state index is 12.6. The largest absolute Gasteiger partial charge is 0.497 e. The van der Waals surface area contributed by atoms with Crippen LogP contribution in [0.3, 0.4) is 0 Å². The maximum atomic E-state index is 12.6. The summed E-state index contributed by atoms with van der Waals surface area (Å²) in [5, 5.41) is 8.24. The van der Waals surface area contributed by atoms with Crippen LogP contribution in [0.4, 0.5) is 11.4 Å². The van der Waals surface area contributed by atoms with Crippen LogP contribution < -0.4 is 15.1 Å². The first-order chi connectivity index (χ1) is 11.6. The van der Waals surface area contributed by atoms with E-state index >= 15 is 0 Å². The zero-order chi connectivity index (χ0) is 17.1. The monoisotopic (exact) mass is 323 g/mol. The minimum atomic E-state index is -0.924. The molecule has 1 unspecified atom stereocenters. The third-order valence-corrected chi connectivity index (χ3v) is 3.75. The van der Waals surface area contributed by atoms with Crippen molar-refractivity contribution in [3.8, 4) is 5.75 Å². The first-order valence-electron chi connectivity index (χ1n) is 7.49. The number of ether oxygens (including phenoxy) is 1. The number of carbonyl (C=O) groups is 2. The summed E-state index contributed by atoms with van der Waals surface area (Å²) < 4.78 is 5.10. The summed E-state index contributed by atoms with van der Waals surface area (Å²) >= 11 is 0. The van der Waals surface area contributed by atoms with Gasteiger partial charge in [-0.05, 0) is 43.3 Å². The van der Waals surface area contributed by atoms with Crippen LogP contribution in [-0.2, 0) is 9.59 Å². The molecule has 0 aliphatic carbocycles. The highest BCUT2D eigenvalue weighted by Crippen LogP contribution is 2.26. The zero-order valence-electron chi connectivity index (χ0n) is 13.4. The number of hydrazone groups is 1. The Labute approximate surface area is 139 Å². The van der Waals surface area contributed by atoms with Crippen molar-refractivity contribution in [1.29, 1.82) is 0 Å². The lowest BCUT2D eigenvalue weighted by molar-refractivity contribution is -0.127. The summed E-state index contributed by atoms with van der Waals surface area (Å²) in [5.41, 5.74) is 1.70. The maximum Gasteiger partial charge on any atom is 0.265 e. The Morgan fingerprint density at radius 2 is 1.79 bits per heavy atom. The summed E-state index contributed by atoms with van der Waals surface area (Å²) in [6, 6.07) is 16.0. The van der Waals surface area contributed by atoms with Crippen molar-refractivity contribution in [3.05, 3.63) is 54.6 Å². The number of amides is 2. The van der Waals surface area contributed by atoms with E-state index in [0.29, 0.717) is 22.8 Å². The third-order valence-electron chi connectivity index (χ3n) is 3.75. The van der Waals surface area contributed by atoms with E-state index in [2.05, 4.69) is 10.4 Å². The SMILES string of the molecule is COc1ccc(N2N=C(C)C(C(=O)Nc3ccccc3)C2=O)cc1. The molecule has 3 rings (SSSR count). The predicted molar refractivity (Wildman–Crippen MR) is 92.2 cm³/mol. The van der Waals surface area contributed by atoms with Gasteiger partial charge in [0.1, 0.15) is 5.75 Å². The minimum absolute atomic E-state index is 0.369. The molecule has 2 aromatic carbocycles. The molecule has 0 saturated heterocycles. The van der Waals surface area contributed by atoms with Crippen LogP contribution in [0.5, 0.6) is 5.75 Å². The molecule has 6 nitrogen and oxygen atoms in total. The van der Waals surface area contributed by atoms with Crippen molar-refractivity contribution in [3.63, 3.8) is 0 Å². The topological polar surface area (TPSA) is 71.0 Å². The fourth-order valence-electron chi connectivity index (χ4n) is 2.51. The molecule has 0 bridgehead atoms. The first kappa shape index (κ1) is 15.7. The van der Waals surface area contributed by atoms with Gasteiger partial charge in [-0.2, -0.15) is 10.1 Å². The second-order valence-corrected chi connectivity index (χ2v) is 5.38. The molecule has 2 aromatic rings. The van der Waals surface area contributed by atoms with Crippen LogP contribution in [0.25, 0.3) is 0 Å². The lowest BCUT2D eigenvalue weighted by Crippen LogP contribution is -2.36. The Kier molecular flexibility index (Phi) is 4.29. The fraction of sp³-hybridized carbons (Fsp3) is 0.167. The van der Waals surface area contributed by atoms with E-state index in [1.165, 1.54) is 5.01 Å². The molecular weight excluding hydrogens is 306 g/mol. The van der Waals surface area contributed by atoms with E-state index in [9.17, 15) is 9.59 Å². The smallest absolute Gasteiger partial charge is 0.265 e. The van der Waals surface area contributed by atoms with E-state index in [1.807, 2.05) is 18.2 Å². The van der Waals surface area contributed by atoms with Crippen LogP contribution in [0.2, 0.25) is 0 Å². The summed E-state index contributed by atoms with van der Waals surface area (Å²) in [5.74, 6) is -0.994. The van der Waals surface area contributed by atoms with Crippen LogP contribution in [0.15, 0.2) is 59.7 Å². The molecule has 1 aliphatic heterocycles. The number of nitrogens with one attached hydrogen (secondary N) is 1. The highest BCUT2D eigenvalue weighted by Gasteiger charge is 2.39. The quantitative estimate of drug-likeness (QED) is 0.879. The summed E-state index contributed by atoms with van der Waals surface area (Å²) in [7, 11) is 1.57. The van der Waals surface area contributed by atoms with Crippen LogP contribution >= 0.6 is 0 Å². The molecule has 0 saturated carbocycles. The number of hydrogen-bond donors (Lipinski definition) is 1. The van der Waals surface area contributed by atoms with Crippen LogP contribution in [0, 0.1) is 5.92 Å². The first-order valence-corrected chi connectivity index (χ1v) is 7.49. The molecule has 1 aliphatic rings. The molecule has 1 N–H and O–H groups in total. The van der Waals surface area contributed by atoms with Gasteiger partial charge in [0.05, 0.1) is 18.5 Å². The van der Waals surface area contributed by atoms with Gasteiger partial charge in [-0.3, -0.25) is 9.59 Å². The molecule has 0 spiro atoms. The zero-order valence-corrected chi connectivity index (χ0v) is 13.4. The van der Waals surface area contributed by atoms with Crippen molar-refractivity contribution in [1.82, 2.24) is 0 Å². The number of carbonyl (C=O) groups excluding carboxylic acids is 2. The van der Waals surface area contributed by atoms with Crippen LogP contribution in [-0.4, -0.2) is 24.6 Å². The Balaban J connectivity index is 1.78. The van der Waals surface area contributed by atoms with Gasteiger partial charge in [-0.1, -0.05) is 18.2 Å². The van der Waals surface area contributed by atoms with Crippen molar-refractivity contribution in [2.45, 2.75) is 6.92 Å². The normalized spacial score (nSPS) is 16.8. The Morgan fingerprint density at radius 1 is 1.12 bits per heavy atom. The number of methoxy groups -OCH3 is 1. The molecule has 2 amide bonds. The van der Waals surface area contributed by atoms with E-state index in [0.717, 1.165) is 0 Å². The molecule has 6 heteroatoms. The molecule has 1 heterocycles. The van der Waals surface area contributed by atoms with Crippen molar-refractivity contribution < 1.29 is 14.3 Å². The second-order valence-electron chi connectivity index (χ2n) is 5.38. The van der Waals surface area contributed by atoms with Gasteiger partial charge < -0.3 is 10.1 Å². The Bertz CT molecular complexity index is 785. The van der Waals surface area contributed by atoms with Crippen molar-refractivity contribution in [2.24, 2.45) is 11.0 Å². The standard InChI is InChI=1S/C18H17N3O3/c1-12-16(17(22)19-13-6-4-3-5-7-13)18(23)21(20-12)14-8-10-15(24-2)11-9-14/h3-11,16H,1-2H3,(H,19,22). The van der Waals surface area contributed by atoms with Gasteiger partial charge in [0.25, 0.3) is 5.91 Å². The summed E-state index contributed by atoms with van der Waals surface area (Å²) in [4.78, 5) is 25.1. The third kappa shape index (κ3) is 2.99. The minimum Gasteiger partial charge on any atom is -0.497 e. The average Bonchev–Trinajstić information content (AvgIpc) is 2.90. The van der Waals surface area contributed by atoms with Crippen LogP contribution in [0.1, 0.15) is 6.92 Å². The number of hydrogen-bond acceptors (Lipinski definition) is 4.